The minimum atomic E-state index is -1.95. The highest BCUT2D eigenvalue weighted by Crippen LogP contribution is 2.42. The summed E-state index contributed by atoms with van der Waals surface area (Å²) < 4.78 is 25.5. The molecule has 2 saturated carbocycles. The van der Waals surface area contributed by atoms with Crippen LogP contribution in [0.15, 0.2) is 0 Å². The zero-order valence-corrected chi connectivity index (χ0v) is 33.5. The summed E-state index contributed by atoms with van der Waals surface area (Å²) in [5, 5.41) is 58.0. The Bertz CT molecular complexity index is 1160. The zero-order chi connectivity index (χ0) is 39.0. The number of nitrogens with zero attached hydrogens (tertiary/aromatic N) is 1. The van der Waals surface area contributed by atoms with Gasteiger partial charge in [-0.25, -0.2) is 0 Å². The van der Waals surface area contributed by atoms with E-state index in [2.05, 4.69) is 6.92 Å². The summed E-state index contributed by atoms with van der Waals surface area (Å²) in [6.45, 7) is 17.3. The fraction of sp³-hybridized carbons (Fsp3) is 0.949. The lowest BCUT2D eigenvalue weighted by atomic mass is 9.73. The monoisotopic (exact) mass is 730 g/mol. The number of aliphatic hydroxyl groups is 5. The molecule has 12 heteroatoms. The van der Waals surface area contributed by atoms with E-state index in [0.717, 1.165) is 6.42 Å². The lowest BCUT2D eigenvalue weighted by Gasteiger charge is -2.49. The SMILES string of the molecule is CC[C@H]1OC(=O)[C@H](C)[C@@H](O[C@@H]2C[C@@H](C)[C@H](O)[C@](C)(OC)C2)[C@H](C)[C@@H](O[C@@H]2C[C@H](C)C[C@H](N(C)C)[C@H]2O)[C@](C)(O)C[C@@H](C)C(=O)[C@H](C)[C@@H](O)[C@]1(C)O. The fourth-order valence-corrected chi connectivity index (χ4v) is 9.45. The van der Waals surface area contributed by atoms with Gasteiger partial charge in [0.05, 0.1) is 59.8 Å². The van der Waals surface area contributed by atoms with Crippen LogP contribution in [0.2, 0.25) is 0 Å². The first-order valence-corrected chi connectivity index (χ1v) is 19.2. The van der Waals surface area contributed by atoms with Crippen molar-refractivity contribution in [2.24, 2.45) is 35.5 Å². The number of hydrogen-bond acceptors (Lipinski definition) is 12. The number of carbonyl (C=O) groups excluding carboxylic acids is 2. The number of ether oxygens (including phenoxy) is 4. The number of methoxy groups -OCH3 is 1. The average molecular weight is 730 g/mol. The van der Waals surface area contributed by atoms with Crippen molar-refractivity contribution in [1.82, 2.24) is 4.90 Å². The molecule has 0 unspecified atom stereocenters. The second-order valence-corrected chi connectivity index (χ2v) is 17.6. The molecule has 298 valence electrons. The van der Waals surface area contributed by atoms with Crippen LogP contribution in [0.3, 0.4) is 0 Å². The molecule has 0 aromatic rings. The Labute approximate surface area is 306 Å². The number of aliphatic hydroxyl groups excluding tert-OH is 3. The highest BCUT2D eigenvalue weighted by Gasteiger charge is 2.53. The third-order valence-electron chi connectivity index (χ3n) is 12.8. The molecule has 0 radical (unpaired) electrons. The highest BCUT2D eigenvalue weighted by molar-refractivity contribution is 5.83. The minimum Gasteiger partial charge on any atom is -0.459 e. The summed E-state index contributed by atoms with van der Waals surface area (Å²) in [6.07, 6.45) is -5.06. The third kappa shape index (κ3) is 9.54. The summed E-state index contributed by atoms with van der Waals surface area (Å²) in [6, 6.07) is -0.179. The summed E-state index contributed by atoms with van der Waals surface area (Å²) in [7, 11) is 5.38. The topological polar surface area (TPSA) is 175 Å². The molecule has 51 heavy (non-hydrogen) atoms. The van der Waals surface area contributed by atoms with E-state index in [9.17, 15) is 35.1 Å². The first-order chi connectivity index (χ1) is 23.4. The van der Waals surface area contributed by atoms with Crippen molar-refractivity contribution >= 4 is 11.8 Å². The molecule has 5 N–H and O–H groups in total. The van der Waals surface area contributed by atoms with Gasteiger partial charge in [0.1, 0.15) is 17.5 Å². The number of carbonyl (C=O) groups is 2. The molecule has 0 aromatic heterocycles. The molecular formula is C39H71NO11. The number of esters is 1. The molecule has 0 spiro atoms. The second-order valence-electron chi connectivity index (χ2n) is 17.6. The van der Waals surface area contributed by atoms with E-state index in [1.165, 1.54) is 13.8 Å². The van der Waals surface area contributed by atoms with Crippen LogP contribution >= 0.6 is 0 Å². The molecular weight excluding hydrogens is 658 g/mol. The molecule has 1 aliphatic heterocycles. The van der Waals surface area contributed by atoms with Crippen LogP contribution in [0.25, 0.3) is 0 Å². The summed E-state index contributed by atoms with van der Waals surface area (Å²) in [5.74, 6) is -4.42. The van der Waals surface area contributed by atoms with Gasteiger partial charge in [0.15, 0.2) is 0 Å². The molecule has 3 rings (SSSR count). The Balaban J connectivity index is 2.18. The summed E-state index contributed by atoms with van der Waals surface area (Å²) in [5.41, 5.74) is -4.53. The minimum absolute atomic E-state index is 0.0489. The van der Waals surface area contributed by atoms with Gasteiger partial charge < -0.3 is 49.4 Å². The zero-order valence-electron chi connectivity index (χ0n) is 33.5. The molecule has 1 heterocycles. The van der Waals surface area contributed by atoms with Crippen LogP contribution in [-0.4, -0.2) is 135 Å². The lowest BCUT2D eigenvalue weighted by Crippen LogP contribution is -2.60. The number of Topliss-reactive ketones (excluding diaryl/α,β-unsaturated/α-hetero) is 1. The molecule has 2 aliphatic carbocycles. The second kappa shape index (κ2) is 17.1. The van der Waals surface area contributed by atoms with Crippen LogP contribution in [0, 0.1) is 35.5 Å². The first-order valence-electron chi connectivity index (χ1n) is 19.2. The van der Waals surface area contributed by atoms with Crippen molar-refractivity contribution in [3.8, 4) is 0 Å². The smallest absolute Gasteiger partial charge is 0.311 e. The van der Waals surface area contributed by atoms with Crippen molar-refractivity contribution in [3.05, 3.63) is 0 Å². The van der Waals surface area contributed by atoms with Crippen LogP contribution in [0.1, 0.15) is 108 Å². The summed E-state index contributed by atoms with van der Waals surface area (Å²) >= 11 is 0. The first kappa shape index (κ1) is 44.2. The van der Waals surface area contributed by atoms with Gasteiger partial charge in [0.25, 0.3) is 0 Å². The van der Waals surface area contributed by atoms with Crippen LogP contribution < -0.4 is 0 Å². The Hall–Kier alpha value is -1.22. The largest absolute Gasteiger partial charge is 0.459 e. The molecule has 0 amide bonds. The van der Waals surface area contributed by atoms with Gasteiger partial charge in [-0.1, -0.05) is 41.5 Å². The molecule has 18 atom stereocenters. The van der Waals surface area contributed by atoms with Crippen molar-refractivity contribution in [2.75, 3.05) is 21.2 Å². The number of hydrogen-bond donors (Lipinski definition) is 5. The van der Waals surface area contributed by atoms with E-state index in [1.807, 2.05) is 39.8 Å². The lowest BCUT2D eigenvalue weighted by molar-refractivity contribution is -0.231. The molecule has 3 fully saturated rings. The number of likely N-dealkylation sites (N-methyl/N-ethyl adjacent to an activating group) is 1. The average Bonchev–Trinajstić information content (AvgIpc) is 3.05. The van der Waals surface area contributed by atoms with E-state index in [4.69, 9.17) is 18.9 Å². The van der Waals surface area contributed by atoms with Crippen molar-refractivity contribution < 1.29 is 54.1 Å². The highest BCUT2D eigenvalue weighted by atomic mass is 16.6. The number of ketones is 1. The maximum Gasteiger partial charge on any atom is 0.311 e. The van der Waals surface area contributed by atoms with E-state index in [-0.39, 0.29) is 36.5 Å². The van der Waals surface area contributed by atoms with Crippen LogP contribution in [0.5, 0.6) is 0 Å². The molecule has 12 nitrogen and oxygen atoms in total. The van der Waals surface area contributed by atoms with E-state index >= 15 is 0 Å². The number of cyclic esters (lactones) is 1. The van der Waals surface area contributed by atoms with Gasteiger partial charge in [0, 0.05) is 37.3 Å². The van der Waals surface area contributed by atoms with Gasteiger partial charge in [0.2, 0.25) is 0 Å². The standard InChI is InChI=1S/C39H71NO11/c1-14-29-39(10,47)34(44)23(5)30(41)22(4)18-37(8,46)35(50-28-16-20(2)15-27(31(28)42)40(11)12)24(6)32(25(7)36(45)51-29)49-26-17-21(3)33(43)38(9,19-26)48-13/h20-29,31-35,42-44,46-47H,14-19H2,1-13H3/t20-,21-,22-,23+,24+,25-,26-,27+,28-,29-,31-,32+,33+,34-,35-,37-,38-,39-/m1/s1. The molecule has 0 bridgehead atoms. The quantitative estimate of drug-likeness (QED) is 0.243. The maximum atomic E-state index is 14.1. The van der Waals surface area contributed by atoms with Crippen LogP contribution in [-0.2, 0) is 28.5 Å². The Kier molecular flexibility index (Phi) is 14.8. The van der Waals surface area contributed by atoms with Gasteiger partial charge in [-0.15, -0.1) is 0 Å². The molecule has 3 aliphatic rings. The van der Waals surface area contributed by atoms with E-state index in [0.29, 0.717) is 19.3 Å². The predicted molar refractivity (Wildman–Crippen MR) is 193 cm³/mol. The van der Waals surface area contributed by atoms with Gasteiger partial charge >= 0.3 is 5.97 Å². The molecule has 1 saturated heterocycles. The predicted octanol–water partition coefficient (Wildman–Crippen LogP) is 3.11. The van der Waals surface area contributed by atoms with E-state index in [1.54, 1.807) is 34.8 Å². The number of rotatable bonds is 7. The van der Waals surface area contributed by atoms with Crippen molar-refractivity contribution in [1.29, 1.82) is 0 Å². The van der Waals surface area contributed by atoms with Crippen molar-refractivity contribution in [3.63, 3.8) is 0 Å². The Morgan fingerprint density at radius 1 is 0.863 bits per heavy atom. The molecule has 0 aromatic carbocycles. The van der Waals surface area contributed by atoms with Crippen molar-refractivity contribution in [2.45, 2.75) is 179 Å². The van der Waals surface area contributed by atoms with Gasteiger partial charge in [-0.3, -0.25) is 9.59 Å². The van der Waals surface area contributed by atoms with Crippen LogP contribution in [0.4, 0.5) is 0 Å². The van der Waals surface area contributed by atoms with Gasteiger partial charge in [-0.2, -0.15) is 0 Å². The summed E-state index contributed by atoms with van der Waals surface area (Å²) in [4.78, 5) is 30.0. The van der Waals surface area contributed by atoms with E-state index < -0.39 is 95.3 Å². The Morgan fingerprint density at radius 3 is 2.02 bits per heavy atom. The normalized spacial score (nSPS) is 49.7. The Morgan fingerprint density at radius 2 is 1.47 bits per heavy atom. The fourth-order valence-electron chi connectivity index (χ4n) is 9.45. The third-order valence-corrected chi connectivity index (χ3v) is 12.8. The van der Waals surface area contributed by atoms with Gasteiger partial charge in [-0.05, 0) is 85.7 Å². The maximum absolute atomic E-state index is 14.1.